The van der Waals surface area contributed by atoms with Gasteiger partial charge < -0.3 is 5.11 Å². The summed E-state index contributed by atoms with van der Waals surface area (Å²) in [7, 11) is 0. The number of rotatable bonds is 5. The molecule has 34 heavy (non-hydrogen) atoms. The lowest BCUT2D eigenvalue weighted by Crippen LogP contribution is -2.56. The molecule has 0 heterocycles. The van der Waals surface area contributed by atoms with Gasteiger partial charge in [0.25, 0.3) is 0 Å². The first kappa shape index (κ1) is 29.0. The van der Waals surface area contributed by atoms with E-state index in [0.29, 0.717) is 53.5 Å². The van der Waals surface area contributed by atoms with Crippen molar-refractivity contribution in [3.63, 3.8) is 0 Å². The highest BCUT2D eigenvalue weighted by Crippen LogP contribution is 2.67. The summed E-state index contributed by atoms with van der Waals surface area (Å²) in [6.07, 6.45) is 11.2. The zero-order valence-electron chi connectivity index (χ0n) is 22.8. The molecule has 8 atom stereocenters. The summed E-state index contributed by atoms with van der Waals surface area (Å²) in [5, 5.41) is 10.1. The number of Topliss-reactive ketones (excluding diaryl/α,β-unsaturated/α-hetero) is 2. The normalized spacial score (nSPS) is 39.9. The first-order valence-corrected chi connectivity index (χ1v) is 13.7. The highest BCUT2D eigenvalue weighted by atomic mass is 16.3. The fraction of sp³-hybridized carbons (Fsp3) is 0.806. The molecule has 3 nitrogen and oxygen atoms in total. The Bertz CT molecular complexity index is 719. The maximum atomic E-state index is 13.2. The van der Waals surface area contributed by atoms with Crippen molar-refractivity contribution in [2.75, 3.05) is 0 Å². The summed E-state index contributed by atoms with van der Waals surface area (Å²) < 4.78 is 0. The second-order valence-electron chi connectivity index (χ2n) is 12.8. The molecule has 0 radical (unpaired) electrons. The third-order valence-corrected chi connectivity index (χ3v) is 10.5. The third-order valence-electron chi connectivity index (χ3n) is 10.5. The second-order valence-corrected chi connectivity index (χ2v) is 12.8. The van der Waals surface area contributed by atoms with E-state index in [1.807, 2.05) is 13.8 Å². The maximum absolute atomic E-state index is 13.2. The highest BCUT2D eigenvalue weighted by Gasteiger charge is 2.62. The van der Waals surface area contributed by atoms with Crippen LogP contribution in [0.2, 0.25) is 0 Å². The molecule has 0 amide bonds. The summed E-state index contributed by atoms with van der Waals surface area (Å²) in [5.41, 5.74) is -0.134. The lowest BCUT2D eigenvalue weighted by molar-refractivity contribution is -0.159. The summed E-state index contributed by atoms with van der Waals surface area (Å²) in [4.78, 5) is 25.3. The molecule has 3 heteroatoms. The van der Waals surface area contributed by atoms with E-state index in [2.05, 4.69) is 47.1 Å². The molecule has 4 saturated carbocycles. The summed E-state index contributed by atoms with van der Waals surface area (Å²) in [5.74, 6) is 4.01. The Hall–Kier alpha value is -1.22. The monoisotopic (exact) mass is 472 g/mol. The predicted octanol–water partition coefficient (Wildman–Crippen LogP) is 7.58. The summed E-state index contributed by atoms with van der Waals surface area (Å²) >= 11 is 0. The van der Waals surface area contributed by atoms with Gasteiger partial charge in [-0.25, -0.2) is 0 Å². The molecule has 1 unspecified atom stereocenters. The van der Waals surface area contributed by atoms with Gasteiger partial charge in [0.1, 0.15) is 11.6 Å². The number of hydrogen-bond donors (Lipinski definition) is 1. The van der Waals surface area contributed by atoms with Crippen LogP contribution in [0.15, 0.2) is 26.3 Å². The maximum Gasteiger partial charge on any atom is 0.137 e. The number of carbonyl (C=O) groups excluding carboxylic acids is 2. The molecule has 4 fully saturated rings. The lowest BCUT2D eigenvalue weighted by Gasteiger charge is -2.59. The van der Waals surface area contributed by atoms with Crippen LogP contribution in [-0.2, 0) is 9.59 Å². The topological polar surface area (TPSA) is 54.4 Å². The van der Waals surface area contributed by atoms with Gasteiger partial charge in [0.05, 0.1) is 5.60 Å². The number of fused-ring (bicyclic) bond motifs is 5. The van der Waals surface area contributed by atoms with Crippen LogP contribution in [0.25, 0.3) is 0 Å². The molecule has 0 bridgehead atoms. The van der Waals surface area contributed by atoms with Crippen molar-refractivity contribution in [1.29, 1.82) is 0 Å². The fourth-order valence-electron chi connectivity index (χ4n) is 8.87. The van der Waals surface area contributed by atoms with Crippen LogP contribution in [0.5, 0.6) is 0 Å². The molecular weight excluding hydrogens is 420 g/mol. The van der Waals surface area contributed by atoms with Gasteiger partial charge in [0.15, 0.2) is 0 Å². The molecule has 194 valence electrons. The summed E-state index contributed by atoms with van der Waals surface area (Å²) in [6, 6.07) is 0. The zero-order valence-corrected chi connectivity index (χ0v) is 22.8. The van der Waals surface area contributed by atoms with Crippen molar-refractivity contribution in [2.24, 2.45) is 46.3 Å². The fourth-order valence-corrected chi connectivity index (χ4v) is 8.87. The van der Waals surface area contributed by atoms with Crippen LogP contribution in [-0.4, -0.2) is 22.3 Å². The molecule has 1 N–H and O–H groups in total. The number of carbonyl (C=O) groups is 2. The number of aliphatic hydroxyl groups is 1. The Labute approximate surface area is 209 Å². The van der Waals surface area contributed by atoms with E-state index in [0.717, 1.165) is 31.6 Å². The number of ketones is 2. The SMILES string of the molecule is C=C.C=C.C[C@H](CCCC(C)(C)O)[C@H]1CC[C@H]2[C@@H]3CC(=O)C4CC(=O)CC[C@]4(C)[C@H]3CC[C@]12C. The van der Waals surface area contributed by atoms with Gasteiger partial charge in [-0.3, -0.25) is 9.59 Å². The smallest absolute Gasteiger partial charge is 0.137 e. The Kier molecular flexibility index (Phi) is 9.58. The quantitative estimate of drug-likeness (QED) is 0.420. The van der Waals surface area contributed by atoms with E-state index in [4.69, 9.17) is 0 Å². The van der Waals surface area contributed by atoms with Crippen molar-refractivity contribution >= 4 is 11.6 Å². The van der Waals surface area contributed by atoms with E-state index < -0.39 is 5.60 Å². The molecule has 0 aromatic carbocycles. The Morgan fingerprint density at radius 1 is 0.971 bits per heavy atom. The highest BCUT2D eigenvalue weighted by molar-refractivity contribution is 5.90. The summed E-state index contributed by atoms with van der Waals surface area (Å²) in [6.45, 7) is 23.2. The zero-order chi connectivity index (χ0) is 25.9. The largest absolute Gasteiger partial charge is 0.390 e. The van der Waals surface area contributed by atoms with Crippen LogP contribution >= 0.6 is 0 Å². The van der Waals surface area contributed by atoms with Crippen molar-refractivity contribution < 1.29 is 14.7 Å². The predicted molar refractivity (Wildman–Crippen MR) is 142 cm³/mol. The van der Waals surface area contributed by atoms with Gasteiger partial charge in [0, 0.05) is 25.2 Å². The Morgan fingerprint density at radius 3 is 2.21 bits per heavy atom. The molecule has 0 aliphatic heterocycles. The van der Waals surface area contributed by atoms with E-state index in [-0.39, 0.29) is 11.3 Å². The Morgan fingerprint density at radius 2 is 1.59 bits per heavy atom. The molecule has 4 aliphatic carbocycles. The average Bonchev–Trinajstić information content (AvgIpc) is 3.14. The lowest BCUT2D eigenvalue weighted by atomic mass is 9.44. The van der Waals surface area contributed by atoms with E-state index in [1.165, 1.54) is 32.1 Å². The Balaban J connectivity index is 0.000000970. The standard InChI is InChI=1S/C27H44O3.2C2H4/c1-17(7-6-12-25(2,3)30)20-8-9-21-19-16-24(29)23-15-18(28)10-13-27(23,5)22(19)11-14-26(20,21)4;2*1-2/h17,19-23,30H,6-16H2,1-5H3;2*1-2H2/t17-,19+,20-,21+,22+,23?,26-,27-;;/m1../s1. The first-order chi connectivity index (χ1) is 16.0. The van der Waals surface area contributed by atoms with E-state index in [9.17, 15) is 14.7 Å². The van der Waals surface area contributed by atoms with E-state index in [1.54, 1.807) is 0 Å². The average molecular weight is 473 g/mol. The molecule has 0 saturated heterocycles. The molecule has 0 aromatic heterocycles. The van der Waals surface area contributed by atoms with Crippen LogP contribution in [0.3, 0.4) is 0 Å². The van der Waals surface area contributed by atoms with Crippen molar-refractivity contribution in [3.8, 4) is 0 Å². The minimum Gasteiger partial charge on any atom is -0.390 e. The van der Waals surface area contributed by atoms with Crippen molar-refractivity contribution in [3.05, 3.63) is 26.3 Å². The third kappa shape index (κ3) is 5.45. The molecular formula is C31H52O3. The van der Waals surface area contributed by atoms with Gasteiger partial charge >= 0.3 is 0 Å². The van der Waals surface area contributed by atoms with Gasteiger partial charge in [-0.2, -0.15) is 0 Å². The second kappa shape index (κ2) is 11.2. The minimum absolute atomic E-state index is 0.00214. The van der Waals surface area contributed by atoms with Crippen LogP contribution < -0.4 is 0 Å². The van der Waals surface area contributed by atoms with Gasteiger partial charge in [-0.15, -0.1) is 26.3 Å². The molecule has 4 aliphatic rings. The number of hydrogen-bond acceptors (Lipinski definition) is 3. The van der Waals surface area contributed by atoms with Gasteiger partial charge in [-0.1, -0.05) is 33.6 Å². The first-order valence-electron chi connectivity index (χ1n) is 13.7. The molecule has 4 rings (SSSR count). The van der Waals surface area contributed by atoms with Crippen molar-refractivity contribution in [1.82, 2.24) is 0 Å². The van der Waals surface area contributed by atoms with Crippen molar-refractivity contribution in [2.45, 2.75) is 111 Å². The van der Waals surface area contributed by atoms with Crippen LogP contribution in [0.1, 0.15) is 105 Å². The molecule has 0 aromatic rings. The van der Waals surface area contributed by atoms with Gasteiger partial charge in [0.2, 0.25) is 0 Å². The molecule has 0 spiro atoms. The van der Waals surface area contributed by atoms with Gasteiger partial charge in [-0.05, 0) is 92.8 Å². The van der Waals surface area contributed by atoms with E-state index >= 15 is 0 Å². The van der Waals surface area contributed by atoms with Crippen LogP contribution in [0, 0.1) is 46.3 Å². The minimum atomic E-state index is -0.560. The van der Waals surface area contributed by atoms with Crippen LogP contribution in [0.4, 0.5) is 0 Å².